The van der Waals surface area contributed by atoms with Gasteiger partial charge in [-0.3, -0.25) is 14.2 Å². The SMILES string of the molecule is Cc1c(Cl)nc(NC(Cc2ccccc2)CN(C)C)c(=O)n1CC(=O)OCc1ccccc1. The highest BCUT2D eigenvalue weighted by Gasteiger charge is 2.19. The van der Waals surface area contributed by atoms with Gasteiger partial charge in [0.2, 0.25) is 0 Å². The molecule has 0 radical (unpaired) electrons. The number of aromatic nitrogens is 2. The zero-order chi connectivity index (χ0) is 23.8. The summed E-state index contributed by atoms with van der Waals surface area (Å²) < 4.78 is 6.65. The quantitative estimate of drug-likeness (QED) is 0.459. The number of anilines is 1. The number of benzene rings is 2. The highest BCUT2D eigenvalue weighted by Crippen LogP contribution is 2.15. The summed E-state index contributed by atoms with van der Waals surface area (Å²) in [5.41, 5.74) is 2.01. The van der Waals surface area contributed by atoms with Crippen molar-refractivity contribution in [2.45, 2.75) is 32.5 Å². The first kappa shape index (κ1) is 24.5. The largest absolute Gasteiger partial charge is 0.459 e. The van der Waals surface area contributed by atoms with E-state index in [0.717, 1.165) is 11.1 Å². The number of halogens is 1. The molecule has 0 amide bonds. The topological polar surface area (TPSA) is 76.5 Å². The van der Waals surface area contributed by atoms with E-state index in [-0.39, 0.29) is 30.2 Å². The number of nitrogens with one attached hydrogen (secondary N) is 1. The number of carbonyl (C=O) groups excluding carboxylic acids is 1. The van der Waals surface area contributed by atoms with E-state index in [2.05, 4.69) is 10.3 Å². The van der Waals surface area contributed by atoms with Crippen molar-refractivity contribution in [3.63, 3.8) is 0 Å². The molecule has 0 bridgehead atoms. The van der Waals surface area contributed by atoms with E-state index in [1.54, 1.807) is 6.92 Å². The van der Waals surface area contributed by atoms with Crippen LogP contribution in [-0.2, 0) is 29.1 Å². The molecular formula is C25H29ClN4O3. The van der Waals surface area contributed by atoms with Gasteiger partial charge < -0.3 is 15.0 Å². The van der Waals surface area contributed by atoms with Crippen LogP contribution in [0, 0.1) is 6.92 Å². The van der Waals surface area contributed by atoms with E-state index < -0.39 is 11.5 Å². The molecule has 1 atom stereocenters. The fourth-order valence-corrected chi connectivity index (χ4v) is 3.70. The van der Waals surface area contributed by atoms with Gasteiger partial charge in [-0.05, 0) is 38.6 Å². The molecule has 2 aromatic carbocycles. The summed E-state index contributed by atoms with van der Waals surface area (Å²) in [5.74, 6) is -0.407. The molecule has 3 aromatic rings. The Bertz CT molecular complexity index is 1120. The van der Waals surface area contributed by atoms with Gasteiger partial charge in [-0.15, -0.1) is 0 Å². The van der Waals surface area contributed by atoms with Crippen LogP contribution in [0.2, 0.25) is 5.15 Å². The number of hydrogen-bond acceptors (Lipinski definition) is 6. The summed E-state index contributed by atoms with van der Waals surface area (Å²) in [6.07, 6.45) is 0.699. The van der Waals surface area contributed by atoms with Crippen LogP contribution in [-0.4, -0.2) is 47.1 Å². The fraction of sp³-hybridized carbons (Fsp3) is 0.320. The van der Waals surface area contributed by atoms with E-state index in [9.17, 15) is 9.59 Å². The monoisotopic (exact) mass is 468 g/mol. The van der Waals surface area contributed by atoms with Crippen molar-refractivity contribution in [1.82, 2.24) is 14.5 Å². The van der Waals surface area contributed by atoms with Crippen LogP contribution >= 0.6 is 11.6 Å². The molecule has 0 aliphatic carbocycles. The van der Waals surface area contributed by atoms with E-state index in [0.29, 0.717) is 18.7 Å². The Kier molecular flexibility index (Phi) is 8.63. The third kappa shape index (κ3) is 7.17. The first-order valence-electron chi connectivity index (χ1n) is 10.7. The second-order valence-electron chi connectivity index (χ2n) is 8.17. The van der Waals surface area contributed by atoms with Crippen molar-refractivity contribution in [2.24, 2.45) is 0 Å². The molecule has 8 heteroatoms. The van der Waals surface area contributed by atoms with Gasteiger partial charge in [0.15, 0.2) is 11.0 Å². The van der Waals surface area contributed by atoms with Gasteiger partial charge in [-0.25, -0.2) is 4.98 Å². The van der Waals surface area contributed by atoms with Gasteiger partial charge in [0.1, 0.15) is 13.2 Å². The lowest BCUT2D eigenvalue weighted by atomic mass is 10.1. The number of hydrogen-bond donors (Lipinski definition) is 1. The van der Waals surface area contributed by atoms with Gasteiger partial charge in [-0.1, -0.05) is 72.3 Å². The minimum absolute atomic E-state index is 0.0835. The maximum Gasteiger partial charge on any atom is 0.326 e. The molecule has 0 aliphatic rings. The predicted octanol–water partition coefficient (Wildman–Crippen LogP) is 3.53. The summed E-state index contributed by atoms with van der Waals surface area (Å²) in [6.45, 7) is 2.23. The molecular weight excluding hydrogens is 440 g/mol. The molecule has 1 aromatic heterocycles. The lowest BCUT2D eigenvalue weighted by molar-refractivity contribution is -0.145. The molecule has 1 heterocycles. The smallest absolute Gasteiger partial charge is 0.326 e. The van der Waals surface area contributed by atoms with E-state index in [1.165, 1.54) is 4.57 Å². The van der Waals surface area contributed by atoms with Crippen molar-refractivity contribution < 1.29 is 9.53 Å². The van der Waals surface area contributed by atoms with Crippen LogP contribution in [0.5, 0.6) is 0 Å². The highest BCUT2D eigenvalue weighted by atomic mass is 35.5. The molecule has 0 spiro atoms. The maximum absolute atomic E-state index is 13.2. The second-order valence-corrected chi connectivity index (χ2v) is 8.53. The standard InChI is InChI=1S/C25H29ClN4O3/c1-18-23(26)28-24(27-21(15-29(2)3)14-19-10-6-4-7-11-19)25(32)30(18)16-22(31)33-17-20-12-8-5-9-13-20/h4-13,21H,14-17H2,1-3H3,(H,27,28). The zero-order valence-electron chi connectivity index (χ0n) is 19.1. The molecule has 7 nitrogen and oxygen atoms in total. The molecule has 0 fully saturated rings. The van der Waals surface area contributed by atoms with Crippen molar-refractivity contribution in [1.29, 1.82) is 0 Å². The molecule has 0 saturated heterocycles. The molecule has 174 valence electrons. The Labute approximate surface area is 199 Å². The van der Waals surface area contributed by atoms with E-state index >= 15 is 0 Å². The molecule has 0 aliphatic heterocycles. The van der Waals surface area contributed by atoms with Gasteiger partial charge >= 0.3 is 5.97 Å². The zero-order valence-corrected chi connectivity index (χ0v) is 19.9. The Balaban J connectivity index is 1.78. The van der Waals surface area contributed by atoms with Crippen molar-refractivity contribution in [2.75, 3.05) is 26.0 Å². The molecule has 0 saturated carbocycles. The van der Waals surface area contributed by atoms with Crippen molar-refractivity contribution >= 4 is 23.4 Å². The fourth-order valence-electron chi connectivity index (χ4n) is 3.51. The third-order valence-electron chi connectivity index (χ3n) is 5.14. The predicted molar refractivity (Wildman–Crippen MR) is 131 cm³/mol. The Morgan fingerprint density at radius 3 is 2.30 bits per heavy atom. The Morgan fingerprint density at radius 1 is 1.09 bits per heavy atom. The number of nitrogens with zero attached hydrogens (tertiary/aromatic N) is 3. The normalized spacial score (nSPS) is 11.9. The number of likely N-dealkylation sites (N-methyl/N-ethyl adjacent to an activating group) is 1. The number of rotatable bonds is 10. The van der Waals surface area contributed by atoms with Crippen LogP contribution in [0.1, 0.15) is 16.8 Å². The maximum atomic E-state index is 13.2. The average Bonchev–Trinajstić information content (AvgIpc) is 2.80. The van der Waals surface area contributed by atoms with E-state index in [1.807, 2.05) is 79.7 Å². The number of carbonyl (C=O) groups is 1. The Morgan fingerprint density at radius 2 is 1.70 bits per heavy atom. The highest BCUT2D eigenvalue weighted by molar-refractivity contribution is 6.30. The van der Waals surface area contributed by atoms with Gasteiger partial charge in [-0.2, -0.15) is 0 Å². The molecule has 33 heavy (non-hydrogen) atoms. The Hall–Kier alpha value is -3.16. The number of esters is 1. The molecule has 3 rings (SSSR count). The lowest BCUT2D eigenvalue weighted by Crippen LogP contribution is -2.38. The summed E-state index contributed by atoms with van der Waals surface area (Å²) >= 11 is 6.32. The van der Waals surface area contributed by atoms with Crippen LogP contribution in [0.15, 0.2) is 65.5 Å². The molecule has 1 N–H and O–H groups in total. The second kappa shape index (κ2) is 11.6. The summed E-state index contributed by atoms with van der Waals surface area (Å²) in [5, 5.41) is 3.41. The minimum Gasteiger partial charge on any atom is -0.459 e. The average molecular weight is 469 g/mol. The van der Waals surface area contributed by atoms with Gasteiger partial charge in [0.05, 0.1) is 5.69 Å². The van der Waals surface area contributed by atoms with Crippen LogP contribution < -0.4 is 10.9 Å². The van der Waals surface area contributed by atoms with Crippen molar-refractivity contribution in [3.8, 4) is 0 Å². The summed E-state index contributed by atoms with van der Waals surface area (Å²) in [7, 11) is 3.94. The van der Waals surface area contributed by atoms with Crippen molar-refractivity contribution in [3.05, 3.63) is 93.0 Å². The first-order chi connectivity index (χ1) is 15.8. The van der Waals surface area contributed by atoms with Crippen LogP contribution in [0.25, 0.3) is 0 Å². The van der Waals surface area contributed by atoms with Gasteiger partial charge in [0, 0.05) is 12.6 Å². The lowest BCUT2D eigenvalue weighted by Gasteiger charge is -2.23. The van der Waals surface area contributed by atoms with Crippen LogP contribution in [0.4, 0.5) is 5.82 Å². The first-order valence-corrected chi connectivity index (χ1v) is 11.1. The number of ether oxygens (including phenoxy) is 1. The van der Waals surface area contributed by atoms with Crippen LogP contribution in [0.3, 0.4) is 0 Å². The minimum atomic E-state index is -0.522. The summed E-state index contributed by atoms with van der Waals surface area (Å²) in [4.78, 5) is 31.9. The molecule has 1 unspecified atom stereocenters. The van der Waals surface area contributed by atoms with Gasteiger partial charge in [0.25, 0.3) is 5.56 Å². The summed E-state index contributed by atoms with van der Waals surface area (Å²) in [6, 6.07) is 19.3. The third-order valence-corrected chi connectivity index (χ3v) is 5.50. The van der Waals surface area contributed by atoms with E-state index in [4.69, 9.17) is 16.3 Å².